The van der Waals surface area contributed by atoms with Crippen LogP contribution < -0.4 is 4.72 Å². The number of nitrogens with one attached hydrogen (secondary N) is 1. The summed E-state index contributed by atoms with van der Waals surface area (Å²) in [5.41, 5.74) is 0.193. The van der Waals surface area contributed by atoms with Crippen molar-refractivity contribution in [3.63, 3.8) is 0 Å². The normalized spacial score (nSPS) is 21.0. The van der Waals surface area contributed by atoms with Crippen molar-refractivity contribution in [2.45, 2.75) is 50.7 Å². The van der Waals surface area contributed by atoms with Crippen molar-refractivity contribution in [3.8, 4) is 0 Å². The first-order valence-corrected chi connectivity index (χ1v) is 10.2. The van der Waals surface area contributed by atoms with Crippen LogP contribution >= 0.6 is 0 Å². The summed E-state index contributed by atoms with van der Waals surface area (Å²) in [6, 6.07) is 5.62. The van der Waals surface area contributed by atoms with Crippen molar-refractivity contribution in [2.24, 2.45) is 5.92 Å². The molecule has 150 valence electrons. The van der Waals surface area contributed by atoms with Crippen molar-refractivity contribution in [1.29, 1.82) is 0 Å². The maximum absolute atomic E-state index is 12.6. The van der Waals surface area contributed by atoms with E-state index in [0.717, 1.165) is 5.56 Å². The van der Waals surface area contributed by atoms with Crippen LogP contribution in [0.15, 0.2) is 29.2 Å². The molecular weight excluding hydrogens is 372 g/mol. The lowest BCUT2D eigenvalue weighted by molar-refractivity contribution is -0.143. The predicted octanol–water partition coefficient (Wildman–Crippen LogP) is 1.98. The van der Waals surface area contributed by atoms with E-state index >= 15 is 0 Å². The van der Waals surface area contributed by atoms with Gasteiger partial charge in [0.05, 0.1) is 10.8 Å². The molecule has 2 atom stereocenters. The van der Waals surface area contributed by atoms with Crippen LogP contribution in [0.4, 0.5) is 4.79 Å². The van der Waals surface area contributed by atoms with Gasteiger partial charge in [-0.1, -0.05) is 17.7 Å². The Balaban J connectivity index is 2.18. The third kappa shape index (κ3) is 5.93. The van der Waals surface area contributed by atoms with Gasteiger partial charge in [0.1, 0.15) is 5.60 Å². The van der Waals surface area contributed by atoms with E-state index in [1.165, 1.54) is 17.0 Å². The van der Waals surface area contributed by atoms with Crippen molar-refractivity contribution in [1.82, 2.24) is 9.62 Å². The lowest BCUT2D eigenvalue weighted by Crippen LogP contribution is -2.54. The highest BCUT2D eigenvalue weighted by Crippen LogP contribution is 2.22. The molecule has 1 saturated heterocycles. The molecule has 1 aromatic rings. The second-order valence-electron chi connectivity index (χ2n) is 7.79. The number of benzene rings is 1. The Morgan fingerprint density at radius 2 is 1.78 bits per heavy atom. The van der Waals surface area contributed by atoms with Crippen molar-refractivity contribution in [2.75, 3.05) is 13.1 Å². The summed E-state index contributed by atoms with van der Waals surface area (Å²) in [5, 5.41) is 9.38. The van der Waals surface area contributed by atoms with Gasteiger partial charge in [-0.25, -0.2) is 17.9 Å². The van der Waals surface area contributed by atoms with Crippen molar-refractivity contribution in [3.05, 3.63) is 29.8 Å². The Hall–Kier alpha value is -2.13. The van der Waals surface area contributed by atoms with Gasteiger partial charge >= 0.3 is 12.1 Å². The third-order valence-electron chi connectivity index (χ3n) is 4.10. The van der Waals surface area contributed by atoms with Gasteiger partial charge in [0.2, 0.25) is 10.0 Å². The second-order valence-corrected chi connectivity index (χ2v) is 9.50. The lowest BCUT2D eigenvalue weighted by atomic mass is 9.95. The van der Waals surface area contributed by atoms with Crippen molar-refractivity contribution >= 4 is 22.1 Å². The Morgan fingerprint density at radius 1 is 1.19 bits per heavy atom. The number of aryl methyl sites for hydroxylation is 1. The zero-order valence-electron chi connectivity index (χ0n) is 15.9. The molecule has 2 rings (SSSR count). The molecule has 1 fully saturated rings. The number of hydrogen-bond acceptors (Lipinski definition) is 5. The van der Waals surface area contributed by atoms with Gasteiger partial charge in [-0.15, -0.1) is 0 Å². The molecule has 1 heterocycles. The van der Waals surface area contributed by atoms with Crippen LogP contribution in [-0.4, -0.2) is 55.2 Å². The SMILES string of the molecule is Cc1ccc(S(=O)(=O)N[C@@H]2C[C@H](C(=O)O)CN(C(=O)OC(C)(C)C)C2)cc1. The van der Waals surface area contributed by atoms with Gasteiger partial charge in [-0.3, -0.25) is 4.79 Å². The van der Waals surface area contributed by atoms with E-state index in [9.17, 15) is 23.1 Å². The summed E-state index contributed by atoms with van der Waals surface area (Å²) < 4.78 is 33.0. The van der Waals surface area contributed by atoms with Gasteiger partial charge in [0.25, 0.3) is 0 Å². The highest BCUT2D eigenvalue weighted by atomic mass is 32.2. The summed E-state index contributed by atoms with van der Waals surface area (Å²) in [7, 11) is -3.83. The van der Waals surface area contributed by atoms with Crippen LogP contribution in [0, 0.1) is 12.8 Å². The number of hydrogen-bond donors (Lipinski definition) is 2. The number of aliphatic carboxylic acids is 1. The predicted molar refractivity (Wildman–Crippen MR) is 98.8 cm³/mol. The maximum Gasteiger partial charge on any atom is 0.410 e. The monoisotopic (exact) mass is 398 g/mol. The molecule has 0 unspecified atom stereocenters. The topological polar surface area (TPSA) is 113 Å². The number of rotatable bonds is 4. The highest BCUT2D eigenvalue weighted by molar-refractivity contribution is 7.89. The molecule has 0 saturated carbocycles. The molecule has 1 aliphatic rings. The van der Waals surface area contributed by atoms with Crippen LogP contribution in [-0.2, 0) is 19.6 Å². The number of ether oxygens (including phenoxy) is 1. The molecule has 2 N–H and O–H groups in total. The number of amides is 1. The molecule has 1 amide bonds. The molecule has 0 spiro atoms. The fourth-order valence-corrected chi connectivity index (χ4v) is 4.08. The van der Waals surface area contributed by atoms with E-state index in [1.807, 2.05) is 6.92 Å². The molecule has 1 aromatic carbocycles. The van der Waals surface area contributed by atoms with Gasteiger partial charge < -0.3 is 14.7 Å². The Morgan fingerprint density at radius 3 is 2.30 bits per heavy atom. The average Bonchev–Trinajstić information content (AvgIpc) is 2.52. The van der Waals surface area contributed by atoms with Gasteiger partial charge in [0, 0.05) is 19.1 Å². The summed E-state index contributed by atoms with van der Waals surface area (Å²) in [4.78, 5) is 25.1. The molecular formula is C18H26N2O6S. The molecule has 0 bridgehead atoms. The summed E-state index contributed by atoms with van der Waals surface area (Å²) >= 11 is 0. The Labute approximate surface area is 159 Å². The van der Waals surface area contributed by atoms with Crippen LogP contribution in [0.5, 0.6) is 0 Å². The highest BCUT2D eigenvalue weighted by Gasteiger charge is 2.37. The number of sulfonamides is 1. The van der Waals surface area contributed by atoms with Gasteiger partial charge in [-0.2, -0.15) is 0 Å². The van der Waals surface area contributed by atoms with E-state index in [-0.39, 0.29) is 24.4 Å². The Kier molecular flexibility index (Phi) is 6.16. The van der Waals surface area contributed by atoms with Crippen LogP contribution in [0.3, 0.4) is 0 Å². The fraction of sp³-hybridized carbons (Fsp3) is 0.556. The molecule has 9 heteroatoms. The minimum atomic E-state index is -3.83. The van der Waals surface area contributed by atoms with E-state index in [2.05, 4.69) is 4.72 Å². The van der Waals surface area contributed by atoms with E-state index in [0.29, 0.717) is 0 Å². The fourth-order valence-electron chi connectivity index (χ4n) is 2.84. The summed E-state index contributed by atoms with van der Waals surface area (Å²) in [5.74, 6) is -1.96. The smallest absolute Gasteiger partial charge is 0.410 e. The standard InChI is InChI=1S/C18H26N2O6S/c1-12-5-7-15(8-6-12)27(24,25)19-14-9-13(16(21)22)10-20(11-14)17(23)26-18(2,3)4/h5-8,13-14,19H,9-11H2,1-4H3,(H,21,22)/t13-,14+/m0/s1. The number of likely N-dealkylation sites (tertiary alicyclic amines) is 1. The largest absolute Gasteiger partial charge is 0.481 e. The third-order valence-corrected chi connectivity index (χ3v) is 5.64. The minimum Gasteiger partial charge on any atom is -0.481 e. The Bertz CT molecular complexity index is 798. The number of carboxylic acids is 1. The first-order valence-electron chi connectivity index (χ1n) is 8.67. The van der Waals surface area contributed by atoms with Crippen LogP contribution in [0.1, 0.15) is 32.8 Å². The number of nitrogens with zero attached hydrogens (tertiary/aromatic N) is 1. The second kappa shape index (κ2) is 7.85. The summed E-state index contributed by atoms with van der Waals surface area (Å²) in [6.45, 7) is 7.00. The van der Waals surface area contributed by atoms with E-state index in [4.69, 9.17) is 4.74 Å². The zero-order valence-corrected chi connectivity index (χ0v) is 16.7. The zero-order chi connectivity index (χ0) is 20.4. The summed E-state index contributed by atoms with van der Waals surface area (Å²) in [6.07, 6.45) is -0.562. The minimum absolute atomic E-state index is 0.0208. The molecule has 1 aliphatic heterocycles. The average molecular weight is 398 g/mol. The molecule has 8 nitrogen and oxygen atoms in total. The number of piperidine rings is 1. The number of carboxylic acid groups (broad SMARTS) is 1. The van der Waals surface area contributed by atoms with Crippen LogP contribution in [0.25, 0.3) is 0 Å². The lowest BCUT2D eigenvalue weighted by Gasteiger charge is -2.37. The number of carbonyl (C=O) groups excluding carboxylic acids is 1. The molecule has 0 aliphatic carbocycles. The van der Waals surface area contributed by atoms with Crippen molar-refractivity contribution < 1.29 is 27.9 Å². The molecule has 27 heavy (non-hydrogen) atoms. The molecule has 0 aromatic heterocycles. The maximum atomic E-state index is 12.6. The quantitative estimate of drug-likeness (QED) is 0.802. The van der Waals surface area contributed by atoms with E-state index < -0.39 is 39.6 Å². The van der Waals surface area contributed by atoms with Crippen LogP contribution in [0.2, 0.25) is 0 Å². The van der Waals surface area contributed by atoms with E-state index in [1.54, 1.807) is 32.9 Å². The van der Waals surface area contributed by atoms with Gasteiger partial charge in [-0.05, 0) is 46.2 Å². The first kappa shape index (κ1) is 21.2. The van der Waals surface area contributed by atoms with Gasteiger partial charge in [0.15, 0.2) is 0 Å². The molecule has 0 radical (unpaired) electrons. The first-order chi connectivity index (χ1) is 12.4. The number of carbonyl (C=O) groups is 2.